The van der Waals surface area contributed by atoms with Crippen molar-refractivity contribution in [3.8, 4) is 28.6 Å². The number of benzene rings is 1. The van der Waals surface area contributed by atoms with E-state index in [0.717, 1.165) is 23.3 Å². The highest BCUT2D eigenvalue weighted by Gasteiger charge is 2.32. The van der Waals surface area contributed by atoms with Crippen molar-refractivity contribution < 1.29 is 14.1 Å². The lowest BCUT2D eigenvalue weighted by molar-refractivity contribution is 0.0445. The van der Waals surface area contributed by atoms with E-state index in [1.165, 1.54) is 0 Å². The fraction of sp³-hybridized carbons (Fsp3) is 0.300. The van der Waals surface area contributed by atoms with Crippen LogP contribution in [0.1, 0.15) is 13.3 Å². The summed E-state index contributed by atoms with van der Waals surface area (Å²) in [6, 6.07) is 11.1. The minimum Gasteiger partial charge on any atom is -0.487 e. The highest BCUT2D eigenvalue weighted by molar-refractivity contribution is 5.75. The highest BCUT2D eigenvalue weighted by Crippen LogP contribution is 2.25. The zero-order valence-corrected chi connectivity index (χ0v) is 15.5. The summed E-state index contributed by atoms with van der Waals surface area (Å²) in [6.07, 6.45) is 4.30. The number of hydrogen-bond acceptors (Lipinski definition) is 6. The van der Waals surface area contributed by atoms with E-state index in [9.17, 15) is 4.79 Å². The van der Waals surface area contributed by atoms with Gasteiger partial charge < -0.3 is 19.5 Å². The molecule has 28 heavy (non-hydrogen) atoms. The normalized spacial score (nSPS) is 13.8. The Kier molecular flexibility index (Phi) is 5.18. The summed E-state index contributed by atoms with van der Waals surface area (Å²) in [4.78, 5) is 22.0. The van der Waals surface area contributed by atoms with Crippen LogP contribution in [0.4, 0.5) is 4.79 Å². The third-order valence-electron chi connectivity index (χ3n) is 4.43. The van der Waals surface area contributed by atoms with Gasteiger partial charge in [0.1, 0.15) is 11.9 Å². The molecule has 144 valence electrons. The molecule has 1 saturated heterocycles. The van der Waals surface area contributed by atoms with Crippen LogP contribution >= 0.6 is 0 Å². The minimum atomic E-state index is -0.0286. The molecule has 2 amide bonds. The number of aromatic nitrogens is 3. The van der Waals surface area contributed by atoms with Crippen molar-refractivity contribution in [3.05, 3.63) is 48.8 Å². The van der Waals surface area contributed by atoms with Crippen LogP contribution in [0, 0.1) is 0 Å². The van der Waals surface area contributed by atoms with Crippen molar-refractivity contribution in [1.82, 2.24) is 25.3 Å². The molecule has 4 rings (SSSR count). The number of rotatable bonds is 6. The molecule has 1 N–H and O–H groups in total. The SMILES string of the molecule is CCCNC(=O)N1CC(Oc2ccc(-c3noc(-c4ccncc4)n3)cc2)C1. The molecule has 8 heteroatoms. The summed E-state index contributed by atoms with van der Waals surface area (Å²) >= 11 is 0. The van der Waals surface area contributed by atoms with E-state index < -0.39 is 0 Å². The maximum absolute atomic E-state index is 11.8. The van der Waals surface area contributed by atoms with Gasteiger partial charge in [0.05, 0.1) is 13.1 Å². The molecule has 3 heterocycles. The van der Waals surface area contributed by atoms with E-state index >= 15 is 0 Å². The van der Waals surface area contributed by atoms with E-state index in [-0.39, 0.29) is 12.1 Å². The lowest BCUT2D eigenvalue weighted by atomic mass is 10.1. The topological polar surface area (TPSA) is 93.4 Å². The van der Waals surface area contributed by atoms with Crippen molar-refractivity contribution in [3.63, 3.8) is 0 Å². The van der Waals surface area contributed by atoms with Gasteiger partial charge in [0.2, 0.25) is 5.82 Å². The van der Waals surface area contributed by atoms with Crippen molar-refractivity contribution in [2.45, 2.75) is 19.4 Å². The molecule has 0 spiro atoms. The summed E-state index contributed by atoms with van der Waals surface area (Å²) in [5.74, 6) is 1.72. The molecule has 1 aliphatic rings. The summed E-state index contributed by atoms with van der Waals surface area (Å²) in [7, 11) is 0. The molecule has 8 nitrogen and oxygen atoms in total. The summed E-state index contributed by atoms with van der Waals surface area (Å²) in [5.41, 5.74) is 1.66. The molecule has 0 aliphatic carbocycles. The first-order valence-corrected chi connectivity index (χ1v) is 9.27. The Balaban J connectivity index is 1.33. The zero-order valence-electron chi connectivity index (χ0n) is 15.5. The number of hydrogen-bond donors (Lipinski definition) is 1. The maximum Gasteiger partial charge on any atom is 0.317 e. The third-order valence-corrected chi connectivity index (χ3v) is 4.43. The molecule has 1 aliphatic heterocycles. The predicted octanol–water partition coefficient (Wildman–Crippen LogP) is 2.98. The van der Waals surface area contributed by atoms with Crippen molar-refractivity contribution in [2.75, 3.05) is 19.6 Å². The van der Waals surface area contributed by atoms with Gasteiger partial charge in [-0.3, -0.25) is 4.98 Å². The lowest BCUT2D eigenvalue weighted by Crippen LogP contribution is -2.58. The number of urea groups is 1. The molecule has 0 saturated carbocycles. The largest absolute Gasteiger partial charge is 0.487 e. The Morgan fingerprint density at radius 3 is 2.64 bits per heavy atom. The molecule has 0 atom stereocenters. The van der Waals surface area contributed by atoms with Gasteiger partial charge in [0.15, 0.2) is 0 Å². The average molecular weight is 379 g/mol. The van der Waals surface area contributed by atoms with Crippen LogP contribution in [0.3, 0.4) is 0 Å². The predicted molar refractivity (Wildman–Crippen MR) is 103 cm³/mol. The number of nitrogens with zero attached hydrogens (tertiary/aromatic N) is 4. The van der Waals surface area contributed by atoms with Crippen LogP contribution in [0.5, 0.6) is 5.75 Å². The fourth-order valence-electron chi connectivity index (χ4n) is 2.85. The first-order chi connectivity index (χ1) is 13.7. The Morgan fingerprint density at radius 1 is 1.18 bits per heavy atom. The Labute approximate surface area is 162 Å². The second kappa shape index (κ2) is 8.08. The summed E-state index contributed by atoms with van der Waals surface area (Å²) in [5, 5.41) is 6.90. The molecule has 0 radical (unpaired) electrons. The third kappa shape index (κ3) is 3.95. The number of amides is 2. The number of pyridine rings is 1. The Bertz CT molecular complexity index is 921. The van der Waals surface area contributed by atoms with Gasteiger partial charge in [-0.15, -0.1) is 0 Å². The van der Waals surface area contributed by atoms with Crippen molar-refractivity contribution >= 4 is 6.03 Å². The molecule has 0 bridgehead atoms. The van der Waals surface area contributed by atoms with Crippen molar-refractivity contribution in [2.24, 2.45) is 0 Å². The fourth-order valence-corrected chi connectivity index (χ4v) is 2.85. The van der Waals surface area contributed by atoms with Crippen LogP contribution < -0.4 is 10.1 Å². The molecule has 1 fully saturated rings. The van der Waals surface area contributed by atoms with Gasteiger partial charge in [-0.25, -0.2) is 4.79 Å². The molecule has 3 aromatic rings. The molecule has 2 aromatic heterocycles. The second-order valence-corrected chi connectivity index (χ2v) is 6.56. The number of nitrogens with one attached hydrogen (secondary N) is 1. The van der Waals surface area contributed by atoms with Crippen LogP contribution in [0.25, 0.3) is 22.8 Å². The van der Waals surface area contributed by atoms with Crippen LogP contribution in [-0.2, 0) is 0 Å². The summed E-state index contributed by atoms with van der Waals surface area (Å²) in [6.45, 7) is 3.91. The van der Waals surface area contributed by atoms with E-state index in [1.807, 2.05) is 43.3 Å². The van der Waals surface area contributed by atoms with E-state index in [2.05, 4.69) is 20.4 Å². The number of carbonyl (C=O) groups excluding carboxylic acids is 1. The number of likely N-dealkylation sites (tertiary alicyclic amines) is 1. The van der Waals surface area contributed by atoms with Crippen LogP contribution in [-0.4, -0.2) is 51.8 Å². The van der Waals surface area contributed by atoms with Gasteiger partial charge >= 0.3 is 6.03 Å². The maximum atomic E-state index is 11.8. The van der Waals surface area contributed by atoms with Gasteiger partial charge in [-0.05, 0) is 42.8 Å². The standard InChI is InChI=1S/C20H21N5O3/c1-2-9-22-20(26)25-12-17(13-25)27-16-5-3-14(4-6-16)18-23-19(28-24-18)15-7-10-21-11-8-15/h3-8,10-11,17H,2,9,12-13H2,1H3,(H,22,26). The van der Waals surface area contributed by atoms with Gasteiger partial charge in [0.25, 0.3) is 5.89 Å². The molecule has 0 unspecified atom stereocenters. The van der Waals surface area contributed by atoms with E-state index in [0.29, 0.717) is 31.3 Å². The number of ether oxygens (including phenoxy) is 1. The number of carbonyl (C=O) groups is 1. The first kappa shape index (κ1) is 18.0. The quantitative estimate of drug-likeness (QED) is 0.708. The highest BCUT2D eigenvalue weighted by atomic mass is 16.5. The first-order valence-electron chi connectivity index (χ1n) is 9.27. The van der Waals surface area contributed by atoms with Crippen molar-refractivity contribution in [1.29, 1.82) is 0 Å². The lowest BCUT2D eigenvalue weighted by Gasteiger charge is -2.38. The minimum absolute atomic E-state index is 0.0155. The van der Waals surface area contributed by atoms with Gasteiger partial charge in [-0.1, -0.05) is 12.1 Å². The van der Waals surface area contributed by atoms with E-state index in [1.54, 1.807) is 17.3 Å². The Morgan fingerprint density at radius 2 is 1.93 bits per heavy atom. The molecular formula is C20H21N5O3. The van der Waals surface area contributed by atoms with Gasteiger partial charge in [-0.2, -0.15) is 4.98 Å². The average Bonchev–Trinajstić information content (AvgIpc) is 3.20. The van der Waals surface area contributed by atoms with Gasteiger partial charge in [0, 0.05) is 30.1 Å². The zero-order chi connectivity index (χ0) is 19.3. The smallest absolute Gasteiger partial charge is 0.317 e. The van der Waals surface area contributed by atoms with Crippen LogP contribution in [0.2, 0.25) is 0 Å². The second-order valence-electron chi connectivity index (χ2n) is 6.56. The van der Waals surface area contributed by atoms with E-state index in [4.69, 9.17) is 9.26 Å². The molecule has 1 aromatic carbocycles. The molecular weight excluding hydrogens is 358 g/mol. The monoisotopic (exact) mass is 379 g/mol. The Hall–Kier alpha value is -3.42. The van der Waals surface area contributed by atoms with Crippen LogP contribution in [0.15, 0.2) is 53.3 Å². The summed E-state index contributed by atoms with van der Waals surface area (Å²) < 4.78 is 11.2.